The molecule has 6 nitrogen and oxygen atoms in total. The molecule has 1 spiro atoms. The molecule has 2 heterocycles. The van der Waals surface area contributed by atoms with E-state index in [0.29, 0.717) is 30.4 Å². The van der Waals surface area contributed by atoms with Crippen LogP contribution in [0.25, 0.3) is 0 Å². The van der Waals surface area contributed by atoms with Crippen LogP contribution in [0.5, 0.6) is 5.75 Å². The Bertz CT molecular complexity index is 929. The highest BCUT2D eigenvalue weighted by atomic mass is 35.5. The van der Waals surface area contributed by atoms with Crippen LogP contribution in [0.3, 0.4) is 0 Å². The number of likely N-dealkylation sites (tertiary alicyclic amines) is 1. The number of aromatic nitrogens is 1. The minimum absolute atomic E-state index is 0.0214. The number of pyridine rings is 1. The number of carbonyl (C=O) groups excluding carboxylic acids is 2. The Labute approximate surface area is 187 Å². The first-order valence-corrected chi connectivity index (χ1v) is 11.2. The van der Waals surface area contributed by atoms with E-state index in [1.165, 1.54) is 0 Å². The van der Waals surface area contributed by atoms with Crippen molar-refractivity contribution in [2.24, 2.45) is 11.3 Å². The lowest BCUT2D eigenvalue weighted by Crippen LogP contribution is -2.46. The zero-order valence-electron chi connectivity index (χ0n) is 17.7. The summed E-state index contributed by atoms with van der Waals surface area (Å²) in [5, 5.41) is 3.64. The van der Waals surface area contributed by atoms with Crippen LogP contribution in [-0.2, 0) is 16.0 Å². The molecule has 2 fully saturated rings. The largest absolute Gasteiger partial charge is 0.481 e. The smallest absolute Gasteiger partial charge is 0.263 e. The summed E-state index contributed by atoms with van der Waals surface area (Å²) in [5.41, 5.74) is 1.04. The summed E-state index contributed by atoms with van der Waals surface area (Å²) < 4.78 is 5.77. The van der Waals surface area contributed by atoms with E-state index in [4.69, 9.17) is 16.3 Å². The van der Waals surface area contributed by atoms with Crippen LogP contribution in [0, 0.1) is 11.3 Å². The third-order valence-electron chi connectivity index (χ3n) is 6.44. The van der Waals surface area contributed by atoms with Gasteiger partial charge in [0.25, 0.3) is 5.91 Å². The van der Waals surface area contributed by atoms with Crippen LogP contribution in [0.2, 0.25) is 5.02 Å². The van der Waals surface area contributed by atoms with Gasteiger partial charge in [0.15, 0.2) is 6.10 Å². The Balaban J connectivity index is 1.21. The second kappa shape index (κ2) is 9.27. The molecule has 2 aliphatic rings. The van der Waals surface area contributed by atoms with Gasteiger partial charge in [0.1, 0.15) is 5.75 Å². The molecular weight excluding hydrogens is 414 g/mol. The molecule has 4 rings (SSSR count). The lowest BCUT2D eigenvalue weighted by Gasteiger charge is -2.34. The molecule has 164 valence electrons. The standard InChI is InChI=1S/C24H28ClN3O3/c1-17(31-20-7-4-5-18(25)15-20)23(30)28-13-9-24(10-14-28)16-21(24)22(29)27-12-8-19-6-2-3-11-26-19/h2-7,11,15,17,21H,8-10,12-14,16H2,1H3,(H,27,29)/t17-,21-/m1/s1. The van der Waals surface area contributed by atoms with Gasteiger partial charge in [-0.2, -0.15) is 0 Å². The van der Waals surface area contributed by atoms with Crippen molar-refractivity contribution in [2.45, 2.75) is 38.7 Å². The number of nitrogens with one attached hydrogen (secondary N) is 1. The molecule has 1 N–H and O–H groups in total. The number of benzene rings is 1. The number of amides is 2. The Kier molecular flexibility index (Phi) is 6.46. The van der Waals surface area contributed by atoms with Crippen molar-refractivity contribution in [3.8, 4) is 5.75 Å². The van der Waals surface area contributed by atoms with E-state index in [1.54, 1.807) is 37.4 Å². The molecule has 1 aliphatic carbocycles. The summed E-state index contributed by atoms with van der Waals surface area (Å²) in [4.78, 5) is 31.5. The van der Waals surface area contributed by atoms with E-state index in [0.717, 1.165) is 31.4 Å². The quantitative estimate of drug-likeness (QED) is 0.713. The van der Waals surface area contributed by atoms with Gasteiger partial charge >= 0.3 is 0 Å². The van der Waals surface area contributed by atoms with Crippen LogP contribution in [0.4, 0.5) is 0 Å². The van der Waals surface area contributed by atoms with Crippen molar-refractivity contribution >= 4 is 23.4 Å². The first kappa shape index (κ1) is 21.6. The number of ether oxygens (including phenoxy) is 1. The Hall–Kier alpha value is -2.60. The fourth-order valence-electron chi connectivity index (χ4n) is 4.48. The first-order valence-electron chi connectivity index (χ1n) is 10.9. The molecule has 0 radical (unpaired) electrons. The molecule has 1 aliphatic heterocycles. The van der Waals surface area contributed by atoms with Gasteiger partial charge in [0.2, 0.25) is 5.91 Å². The molecular formula is C24H28ClN3O3. The molecule has 0 unspecified atom stereocenters. The average molecular weight is 442 g/mol. The number of rotatable bonds is 7. The number of halogens is 1. The number of nitrogens with zero attached hydrogens (tertiary/aromatic N) is 2. The van der Waals surface area contributed by atoms with Crippen molar-refractivity contribution < 1.29 is 14.3 Å². The molecule has 1 saturated heterocycles. The predicted molar refractivity (Wildman–Crippen MR) is 119 cm³/mol. The van der Waals surface area contributed by atoms with Crippen molar-refractivity contribution in [1.82, 2.24) is 15.2 Å². The molecule has 1 aromatic carbocycles. The maximum Gasteiger partial charge on any atom is 0.263 e. The Morgan fingerprint density at radius 1 is 1.26 bits per heavy atom. The van der Waals surface area contributed by atoms with Gasteiger partial charge in [-0.25, -0.2) is 0 Å². The van der Waals surface area contributed by atoms with Gasteiger partial charge in [-0.1, -0.05) is 23.7 Å². The van der Waals surface area contributed by atoms with Crippen LogP contribution in [0.15, 0.2) is 48.7 Å². The minimum Gasteiger partial charge on any atom is -0.481 e. The molecule has 7 heteroatoms. The zero-order chi connectivity index (χ0) is 21.8. The molecule has 2 atom stereocenters. The van der Waals surface area contributed by atoms with E-state index in [-0.39, 0.29) is 23.1 Å². The third-order valence-corrected chi connectivity index (χ3v) is 6.68. The lowest BCUT2D eigenvalue weighted by molar-refractivity contribution is -0.139. The maximum absolute atomic E-state index is 12.8. The van der Waals surface area contributed by atoms with Crippen LogP contribution >= 0.6 is 11.6 Å². The fourth-order valence-corrected chi connectivity index (χ4v) is 4.66. The molecule has 1 saturated carbocycles. The summed E-state index contributed by atoms with van der Waals surface area (Å²) in [5.74, 6) is 0.764. The van der Waals surface area contributed by atoms with Crippen LogP contribution in [-0.4, -0.2) is 47.4 Å². The van der Waals surface area contributed by atoms with Gasteiger partial charge in [-0.15, -0.1) is 0 Å². The SMILES string of the molecule is C[C@@H](Oc1cccc(Cl)c1)C(=O)N1CCC2(CC1)C[C@@H]2C(=O)NCCc1ccccn1. The Morgan fingerprint density at radius 3 is 2.77 bits per heavy atom. The third kappa shape index (κ3) is 5.18. The normalized spacial score (nSPS) is 20.2. The zero-order valence-corrected chi connectivity index (χ0v) is 18.5. The maximum atomic E-state index is 12.8. The van der Waals surface area contributed by atoms with Crippen molar-refractivity contribution in [3.63, 3.8) is 0 Å². The molecule has 2 amide bonds. The highest BCUT2D eigenvalue weighted by Crippen LogP contribution is 2.59. The average Bonchev–Trinajstić information content (AvgIpc) is 3.47. The summed E-state index contributed by atoms with van der Waals surface area (Å²) >= 11 is 5.99. The second-order valence-corrected chi connectivity index (χ2v) is 8.96. The first-order chi connectivity index (χ1) is 15.0. The predicted octanol–water partition coefficient (Wildman–Crippen LogP) is 3.49. The topological polar surface area (TPSA) is 71.5 Å². The van der Waals surface area contributed by atoms with Crippen molar-refractivity contribution in [2.75, 3.05) is 19.6 Å². The number of hydrogen-bond acceptors (Lipinski definition) is 4. The van der Waals surface area contributed by atoms with E-state index in [1.807, 2.05) is 23.1 Å². The number of carbonyl (C=O) groups is 2. The molecule has 1 aromatic heterocycles. The van der Waals surface area contributed by atoms with Crippen LogP contribution < -0.4 is 10.1 Å². The highest BCUT2D eigenvalue weighted by molar-refractivity contribution is 6.30. The van der Waals surface area contributed by atoms with Crippen LogP contribution in [0.1, 0.15) is 31.9 Å². The monoisotopic (exact) mass is 441 g/mol. The van der Waals surface area contributed by atoms with Gasteiger partial charge in [-0.05, 0) is 61.9 Å². The van der Waals surface area contributed by atoms with Gasteiger partial charge in [-0.3, -0.25) is 14.6 Å². The van der Waals surface area contributed by atoms with E-state index >= 15 is 0 Å². The highest BCUT2D eigenvalue weighted by Gasteiger charge is 2.58. The summed E-state index contributed by atoms with van der Waals surface area (Å²) in [6, 6.07) is 12.9. The molecule has 31 heavy (non-hydrogen) atoms. The fraction of sp³-hybridized carbons (Fsp3) is 0.458. The lowest BCUT2D eigenvalue weighted by atomic mass is 9.90. The summed E-state index contributed by atoms with van der Waals surface area (Å²) in [6.45, 7) is 3.70. The van der Waals surface area contributed by atoms with Crippen molar-refractivity contribution in [3.05, 3.63) is 59.4 Å². The molecule has 0 bridgehead atoms. The summed E-state index contributed by atoms with van der Waals surface area (Å²) in [6.07, 6.45) is 4.57. The number of hydrogen-bond donors (Lipinski definition) is 1. The van der Waals surface area contributed by atoms with E-state index < -0.39 is 6.10 Å². The minimum atomic E-state index is -0.572. The van der Waals surface area contributed by atoms with Gasteiger partial charge < -0.3 is 15.0 Å². The Morgan fingerprint density at radius 2 is 2.06 bits per heavy atom. The molecule has 2 aromatic rings. The van der Waals surface area contributed by atoms with Gasteiger partial charge in [0.05, 0.1) is 0 Å². The van der Waals surface area contributed by atoms with E-state index in [9.17, 15) is 9.59 Å². The second-order valence-electron chi connectivity index (χ2n) is 8.52. The summed E-state index contributed by atoms with van der Waals surface area (Å²) in [7, 11) is 0. The number of piperidine rings is 1. The van der Waals surface area contributed by atoms with Gasteiger partial charge in [0, 0.05) is 48.9 Å². The van der Waals surface area contributed by atoms with E-state index in [2.05, 4.69) is 10.3 Å². The van der Waals surface area contributed by atoms with Crippen molar-refractivity contribution in [1.29, 1.82) is 0 Å².